The Morgan fingerprint density at radius 2 is 1.75 bits per heavy atom. The predicted molar refractivity (Wildman–Crippen MR) is 85.3 cm³/mol. The molecule has 0 bridgehead atoms. The molecule has 2 aromatic carbocycles. The molecule has 0 radical (unpaired) electrons. The molecule has 0 atom stereocenters. The van der Waals surface area contributed by atoms with Crippen LogP contribution in [-0.2, 0) is 6.42 Å². The molecule has 3 N–H and O–H groups in total. The second kappa shape index (κ2) is 5.53. The highest BCUT2D eigenvalue weighted by molar-refractivity contribution is 7.97. The van der Waals surface area contributed by atoms with Crippen molar-refractivity contribution in [1.82, 2.24) is 5.43 Å². The van der Waals surface area contributed by atoms with E-state index in [1.54, 1.807) is 0 Å². The maximum atomic E-state index is 5.54. The fraction of sp³-hybridized carbons (Fsp3) is 0.0625. The van der Waals surface area contributed by atoms with Crippen molar-refractivity contribution in [2.75, 3.05) is 0 Å². The molecule has 0 unspecified atom stereocenters. The number of hydrogen-bond acceptors (Lipinski definition) is 4. The SMILES string of the molecule is C=C1NN=C(Cc2ccc(SN)cc2)c2ccccc21. The van der Waals surface area contributed by atoms with Gasteiger partial charge in [-0.25, -0.2) is 0 Å². The van der Waals surface area contributed by atoms with Crippen LogP contribution in [0.25, 0.3) is 5.70 Å². The molecule has 4 heteroatoms. The van der Waals surface area contributed by atoms with Gasteiger partial charge in [-0.1, -0.05) is 43.0 Å². The average molecular weight is 281 g/mol. The lowest BCUT2D eigenvalue weighted by Gasteiger charge is -2.19. The van der Waals surface area contributed by atoms with Gasteiger partial charge in [0.05, 0.1) is 11.4 Å². The van der Waals surface area contributed by atoms with E-state index in [2.05, 4.69) is 41.4 Å². The van der Waals surface area contributed by atoms with Crippen LogP contribution in [0.4, 0.5) is 0 Å². The molecule has 3 nitrogen and oxygen atoms in total. The molecule has 100 valence electrons. The number of rotatable bonds is 3. The summed E-state index contributed by atoms with van der Waals surface area (Å²) in [6.45, 7) is 3.98. The Balaban J connectivity index is 1.89. The van der Waals surface area contributed by atoms with Crippen LogP contribution in [0.15, 0.2) is 65.1 Å². The number of hydrogen-bond donors (Lipinski definition) is 2. The maximum Gasteiger partial charge on any atom is 0.0729 e. The molecule has 0 fully saturated rings. The Morgan fingerprint density at radius 3 is 2.45 bits per heavy atom. The molecule has 0 aromatic heterocycles. The quantitative estimate of drug-likeness (QED) is 0.850. The van der Waals surface area contributed by atoms with Gasteiger partial charge in [-0.3, -0.25) is 10.6 Å². The van der Waals surface area contributed by atoms with E-state index < -0.39 is 0 Å². The zero-order valence-electron chi connectivity index (χ0n) is 11.0. The summed E-state index contributed by atoms with van der Waals surface area (Å²) in [4.78, 5) is 1.06. The van der Waals surface area contributed by atoms with Crippen LogP contribution >= 0.6 is 11.9 Å². The minimum absolute atomic E-state index is 0.785. The lowest BCUT2D eigenvalue weighted by Crippen LogP contribution is -2.20. The zero-order chi connectivity index (χ0) is 13.9. The molecule has 0 spiro atoms. The minimum atomic E-state index is 0.785. The molecule has 20 heavy (non-hydrogen) atoms. The first-order valence-corrected chi connectivity index (χ1v) is 7.23. The van der Waals surface area contributed by atoms with E-state index in [9.17, 15) is 0 Å². The Labute approximate surface area is 122 Å². The zero-order valence-corrected chi connectivity index (χ0v) is 11.8. The van der Waals surface area contributed by atoms with Crippen LogP contribution < -0.4 is 10.6 Å². The van der Waals surface area contributed by atoms with Gasteiger partial charge in [-0.2, -0.15) is 5.10 Å². The van der Waals surface area contributed by atoms with Gasteiger partial charge in [0.25, 0.3) is 0 Å². The summed E-state index contributed by atoms with van der Waals surface area (Å²) in [5, 5.41) is 9.96. The summed E-state index contributed by atoms with van der Waals surface area (Å²) in [6.07, 6.45) is 0.785. The van der Waals surface area contributed by atoms with Crippen molar-refractivity contribution in [2.24, 2.45) is 10.2 Å². The van der Waals surface area contributed by atoms with E-state index in [1.165, 1.54) is 17.5 Å². The number of benzene rings is 2. The number of nitrogens with zero attached hydrogens (tertiary/aromatic N) is 1. The highest BCUT2D eigenvalue weighted by atomic mass is 32.2. The van der Waals surface area contributed by atoms with E-state index >= 15 is 0 Å². The molecule has 3 rings (SSSR count). The van der Waals surface area contributed by atoms with Crippen molar-refractivity contribution in [3.8, 4) is 0 Å². The Morgan fingerprint density at radius 1 is 1.05 bits per heavy atom. The van der Waals surface area contributed by atoms with Crippen LogP contribution in [0.3, 0.4) is 0 Å². The first-order chi connectivity index (χ1) is 9.78. The standard InChI is InChI=1S/C16H15N3S/c1-11-14-4-2-3-5-15(14)16(19-18-11)10-12-6-8-13(20-17)9-7-12/h2-9,18H,1,10,17H2. The lowest BCUT2D eigenvalue weighted by atomic mass is 9.95. The van der Waals surface area contributed by atoms with Gasteiger partial charge in [0, 0.05) is 22.4 Å². The Hall–Kier alpha value is -2.04. The molecule has 0 amide bonds. The Kier molecular flexibility index (Phi) is 3.58. The summed E-state index contributed by atoms with van der Waals surface area (Å²) in [5.41, 5.74) is 8.35. The van der Waals surface area contributed by atoms with Crippen LogP contribution in [0.2, 0.25) is 0 Å². The molecule has 2 aromatic rings. The van der Waals surface area contributed by atoms with Crippen LogP contribution in [-0.4, -0.2) is 5.71 Å². The number of nitrogens with one attached hydrogen (secondary N) is 1. The van der Waals surface area contributed by atoms with Crippen molar-refractivity contribution in [2.45, 2.75) is 11.3 Å². The highest BCUT2D eigenvalue weighted by Crippen LogP contribution is 2.22. The van der Waals surface area contributed by atoms with Gasteiger partial charge in [-0.05, 0) is 29.6 Å². The first-order valence-electron chi connectivity index (χ1n) is 6.35. The fourth-order valence-electron chi connectivity index (χ4n) is 2.27. The largest absolute Gasteiger partial charge is 0.278 e. The fourth-order valence-corrected chi connectivity index (χ4v) is 2.56. The third-order valence-electron chi connectivity index (χ3n) is 3.32. The van der Waals surface area contributed by atoms with E-state index in [0.29, 0.717) is 0 Å². The van der Waals surface area contributed by atoms with E-state index in [0.717, 1.165) is 33.9 Å². The monoisotopic (exact) mass is 281 g/mol. The lowest BCUT2D eigenvalue weighted by molar-refractivity contribution is 0.965. The molecule has 0 aliphatic carbocycles. The second-order valence-electron chi connectivity index (χ2n) is 4.63. The molecule has 1 heterocycles. The highest BCUT2D eigenvalue weighted by Gasteiger charge is 2.16. The molecule has 0 saturated carbocycles. The van der Waals surface area contributed by atoms with Gasteiger partial charge < -0.3 is 0 Å². The van der Waals surface area contributed by atoms with Crippen molar-refractivity contribution in [3.63, 3.8) is 0 Å². The number of fused-ring (bicyclic) bond motifs is 1. The van der Waals surface area contributed by atoms with E-state index in [1.807, 2.05) is 24.3 Å². The summed E-state index contributed by atoms with van der Waals surface area (Å²) < 4.78 is 0. The van der Waals surface area contributed by atoms with Crippen LogP contribution in [0.1, 0.15) is 16.7 Å². The summed E-state index contributed by atoms with van der Waals surface area (Å²) in [7, 11) is 0. The Bertz CT molecular complexity index is 674. The minimum Gasteiger partial charge on any atom is -0.278 e. The van der Waals surface area contributed by atoms with Gasteiger partial charge in [-0.15, -0.1) is 0 Å². The van der Waals surface area contributed by atoms with Gasteiger partial charge in [0.2, 0.25) is 0 Å². The predicted octanol–water partition coefficient (Wildman–Crippen LogP) is 3.17. The van der Waals surface area contributed by atoms with Gasteiger partial charge in [0.1, 0.15) is 0 Å². The molecule has 0 saturated heterocycles. The summed E-state index contributed by atoms with van der Waals surface area (Å²) in [6, 6.07) is 16.4. The van der Waals surface area contributed by atoms with E-state index in [4.69, 9.17) is 5.14 Å². The van der Waals surface area contributed by atoms with E-state index in [-0.39, 0.29) is 0 Å². The molecular formula is C16H15N3S. The first kappa shape index (κ1) is 13.0. The van der Waals surface area contributed by atoms with Crippen LogP contribution in [0.5, 0.6) is 0 Å². The van der Waals surface area contributed by atoms with Crippen LogP contribution in [0, 0.1) is 0 Å². The van der Waals surface area contributed by atoms with Crippen molar-refractivity contribution >= 4 is 23.4 Å². The average Bonchev–Trinajstić information content (AvgIpc) is 2.51. The second-order valence-corrected chi connectivity index (χ2v) is 5.34. The normalized spacial score (nSPS) is 13.4. The van der Waals surface area contributed by atoms with Crippen molar-refractivity contribution in [1.29, 1.82) is 0 Å². The summed E-state index contributed by atoms with van der Waals surface area (Å²) >= 11 is 1.26. The molecule has 1 aliphatic rings. The van der Waals surface area contributed by atoms with Crippen molar-refractivity contribution in [3.05, 3.63) is 71.8 Å². The third-order valence-corrected chi connectivity index (χ3v) is 3.86. The number of hydrazone groups is 1. The van der Waals surface area contributed by atoms with Gasteiger partial charge >= 0.3 is 0 Å². The van der Waals surface area contributed by atoms with Gasteiger partial charge in [0.15, 0.2) is 0 Å². The summed E-state index contributed by atoms with van der Waals surface area (Å²) in [5.74, 6) is 0. The van der Waals surface area contributed by atoms with Crippen molar-refractivity contribution < 1.29 is 0 Å². The topological polar surface area (TPSA) is 50.4 Å². The maximum absolute atomic E-state index is 5.54. The smallest absolute Gasteiger partial charge is 0.0729 e. The third kappa shape index (κ3) is 2.48. The molecular weight excluding hydrogens is 266 g/mol. The molecule has 1 aliphatic heterocycles. The number of nitrogens with two attached hydrogens (primary N) is 1.